The van der Waals surface area contributed by atoms with Gasteiger partial charge < -0.3 is 5.11 Å². The molecule has 1 aromatic carbocycles. The smallest absolute Gasteiger partial charge is 0.304 e. The molecule has 0 fully saturated rings. The van der Waals surface area contributed by atoms with Crippen LogP contribution in [0.1, 0.15) is 31.4 Å². The maximum Gasteiger partial charge on any atom is 0.304 e. The molecule has 1 N–H and O–H groups in total. The molecule has 1 aromatic rings. The van der Waals surface area contributed by atoms with Gasteiger partial charge in [0.25, 0.3) is 0 Å². The summed E-state index contributed by atoms with van der Waals surface area (Å²) in [5, 5.41) is 17.7. The zero-order chi connectivity index (χ0) is 14.4. The topological polar surface area (TPSA) is 64.3 Å². The Morgan fingerprint density at radius 3 is 2.74 bits per heavy atom. The number of carbonyl (C=O) groups is 1. The highest BCUT2D eigenvalue weighted by molar-refractivity contribution is 5.66. The fourth-order valence-corrected chi connectivity index (χ4v) is 1.77. The molecule has 0 spiro atoms. The van der Waals surface area contributed by atoms with Gasteiger partial charge in [-0.2, -0.15) is 5.26 Å². The Morgan fingerprint density at radius 1 is 1.53 bits per heavy atom. The summed E-state index contributed by atoms with van der Waals surface area (Å²) in [5.74, 6) is -1.30. The lowest BCUT2D eigenvalue weighted by atomic mass is 10.1. The first-order valence-electron chi connectivity index (χ1n) is 6.08. The summed E-state index contributed by atoms with van der Waals surface area (Å²) in [5.41, 5.74) is 1.00. The number of carboxylic acid groups (broad SMARTS) is 1. The number of hydrogen-bond acceptors (Lipinski definition) is 3. The average Bonchev–Trinajstić information content (AvgIpc) is 2.35. The average molecular weight is 264 g/mol. The van der Waals surface area contributed by atoms with Crippen LogP contribution in [0.5, 0.6) is 0 Å². The van der Waals surface area contributed by atoms with Gasteiger partial charge in [-0.1, -0.05) is 6.07 Å². The number of hydrogen-bond donors (Lipinski definition) is 1. The Hall–Kier alpha value is -1.93. The zero-order valence-corrected chi connectivity index (χ0v) is 11.1. The van der Waals surface area contributed by atoms with Crippen molar-refractivity contribution in [2.24, 2.45) is 0 Å². The highest BCUT2D eigenvalue weighted by Gasteiger charge is 2.14. The van der Waals surface area contributed by atoms with Gasteiger partial charge in [0, 0.05) is 19.1 Å². The molecule has 0 aromatic heterocycles. The van der Waals surface area contributed by atoms with Crippen molar-refractivity contribution in [1.82, 2.24) is 4.90 Å². The van der Waals surface area contributed by atoms with Crippen LogP contribution >= 0.6 is 0 Å². The van der Waals surface area contributed by atoms with Gasteiger partial charge in [0.05, 0.1) is 18.1 Å². The molecule has 5 heteroatoms. The first kappa shape index (κ1) is 15.1. The lowest BCUT2D eigenvalue weighted by Crippen LogP contribution is -2.32. The molecule has 19 heavy (non-hydrogen) atoms. The van der Waals surface area contributed by atoms with Crippen molar-refractivity contribution >= 4 is 5.97 Å². The summed E-state index contributed by atoms with van der Waals surface area (Å²) in [6, 6.07) is 6.20. The molecule has 0 aliphatic carbocycles. The molecule has 0 aliphatic heterocycles. The highest BCUT2D eigenvalue weighted by atomic mass is 19.1. The zero-order valence-electron chi connectivity index (χ0n) is 11.1. The number of nitrogens with zero attached hydrogens (tertiary/aromatic N) is 2. The third-order valence-electron chi connectivity index (χ3n) is 2.91. The monoisotopic (exact) mass is 264 g/mol. The van der Waals surface area contributed by atoms with E-state index in [9.17, 15) is 9.18 Å². The van der Waals surface area contributed by atoms with E-state index in [-0.39, 0.29) is 12.5 Å². The SMILES string of the molecule is CC(C)N(CCC(=O)O)Cc1ccc(F)cc1C#N. The lowest BCUT2D eigenvalue weighted by Gasteiger charge is -2.26. The third kappa shape index (κ3) is 4.68. The van der Waals surface area contributed by atoms with Crippen molar-refractivity contribution in [2.45, 2.75) is 32.9 Å². The molecule has 1 rings (SSSR count). The van der Waals surface area contributed by atoms with Crippen LogP contribution in [0.4, 0.5) is 4.39 Å². The largest absolute Gasteiger partial charge is 0.481 e. The summed E-state index contributed by atoms with van der Waals surface area (Å²) in [7, 11) is 0. The number of halogens is 1. The van der Waals surface area contributed by atoms with E-state index in [1.807, 2.05) is 24.8 Å². The molecule has 0 amide bonds. The van der Waals surface area contributed by atoms with E-state index in [4.69, 9.17) is 10.4 Å². The molecule has 4 nitrogen and oxygen atoms in total. The van der Waals surface area contributed by atoms with Crippen LogP contribution in [0.3, 0.4) is 0 Å². The number of nitriles is 1. The van der Waals surface area contributed by atoms with Crippen LogP contribution in [0, 0.1) is 17.1 Å². The Kier molecular flexibility index (Phi) is 5.46. The minimum atomic E-state index is -0.856. The van der Waals surface area contributed by atoms with E-state index in [0.717, 1.165) is 0 Å². The maximum atomic E-state index is 13.0. The van der Waals surface area contributed by atoms with Gasteiger partial charge in [0.1, 0.15) is 5.82 Å². The summed E-state index contributed by atoms with van der Waals surface area (Å²) >= 11 is 0. The summed E-state index contributed by atoms with van der Waals surface area (Å²) in [6.07, 6.45) is 0.0429. The number of rotatable bonds is 6. The van der Waals surface area contributed by atoms with E-state index in [2.05, 4.69) is 0 Å². The molecule has 0 atom stereocenters. The van der Waals surface area contributed by atoms with Gasteiger partial charge >= 0.3 is 5.97 Å². The minimum Gasteiger partial charge on any atom is -0.481 e. The van der Waals surface area contributed by atoms with Gasteiger partial charge in [0.15, 0.2) is 0 Å². The summed E-state index contributed by atoms with van der Waals surface area (Å²) in [6.45, 7) is 4.75. The normalized spacial score (nSPS) is 10.7. The molecule has 0 saturated carbocycles. The van der Waals surface area contributed by atoms with Crippen LogP contribution < -0.4 is 0 Å². The molecule has 0 saturated heterocycles. The van der Waals surface area contributed by atoms with E-state index < -0.39 is 11.8 Å². The lowest BCUT2D eigenvalue weighted by molar-refractivity contribution is -0.137. The summed E-state index contributed by atoms with van der Waals surface area (Å²) < 4.78 is 13.0. The Labute approximate surface area is 112 Å². The molecule has 0 unspecified atom stereocenters. The van der Waals surface area contributed by atoms with Crippen LogP contribution in [0.2, 0.25) is 0 Å². The van der Waals surface area contributed by atoms with Crippen molar-refractivity contribution in [1.29, 1.82) is 5.26 Å². The standard InChI is InChI=1S/C14H17FN2O2/c1-10(2)17(6-5-14(18)19)9-11-3-4-13(15)7-12(11)8-16/h3-4,7,10H,5-6,9H2,1-2H3,(H,18,19). The Morgan fingerprint density at radius 2 is 2.21 bits per heavy atom. The van der Waals surface area contributed by atoms with E-state index in [0.29, 0.717) is 24.2 Å². The van der Waals surface area contributed by atoms with Gasteiger partial charge in [-0.15, -0.1) is 0 Å². The fraction of sp³-hybridized carbons (Fsp3) is 0.429. The second-order valence-corrected chi connectivity index (χ2v) is 4.62. The van der Waals surface area contributed by atoms with Crippen LogP contribution in [-0.4, -0.2) is 28.6 Å². The molecular weight excluding hydrogens is 247 g/mol. The van der Waals surface area contributed by atoms with Gasteiger partial charge in [0.2, 0.25) is 0 Å². The first-order valence-corrected chi connectivity index (χ1v) is 6.08. The fourth-order valence-electron chi connectivity index (χ4n) is 1.77. The van der Waals surface area contributed by atoms with E-state index in [1.54, 1.807) is 6.07 Å². The van der Waals surface area contributed by atoms with Crippen molar-refractivity contribution in [3.8, 4) is 6.07 Å². The summed E-state index contributed by atoms with van der Waals surface area (Å²) in [4.78, 5) is 12.6. The van der Waals surface area contributed by atoms with Gasteiger partial charge in [-0.05, 0) is 31.5 Å². The van der Waals surface area contributed by atoms with E-state index >= 15 is 0 Å². The Bertz CT molecular complexity index is 495. The van der Waals surface area contributed by atoms with Crippen LogP contribution in [-0.2, 0) is 11.3 Å². The quantitative estimate of drug-likeness (QED) is 0.856. The third-order valence-corrected chi connectivity index (χ3v) is 2.91. The maximum absolute atomic E-state index is 13.0. The van der Waals surface area contributed by atoms with Crippen LogP contribution in [0.15, 0.2) is 18.2 Å². The highest BCUT2D eigenvalue weighted by Crippen LogP contribution is 2.15. The number of carboxylic acids is 1. The first-order chi connectivity index (χ1) is 8.93. The van der Waals surface area contributed by atoms with Crippen LogP contribution in [0.25, 0.3) is 0 Å². The molecule has 0 bridgehead atoms. The molecule has 0 radical (unpaired) electrons. The van der Waals surface area contributed by atoms with Crippen molar-refractivity contribution in [3.63, 3.8) is 0 Å². The predicted molar refractivity (Wildman–Crippen MR) is 68.9 cm³/mol. The number of benzene rings is 1. The molecule has 102 valence electrons. The van der Waals surface area contributed by atoms with Crippen molar-refractivity contribution in [3.05, 3.63) is 35.1 Å². The molecular formula is C14H17FN2O2. The molecule has 0 heterocycles. The minimum absolute atomic E-state index is 0.0429. The molecule has 0 aliphatic rings. The van der Waals surface area contributed by atoms with Gasteiger partial charge in [-0.3, -0.25) is 9.69 Å². The van der Waals surface area contributed by atoms with Crippen molar-refractivity contribution in [2.75, 3.05) is 6.54 Å². The second-order valence-electron chi connectivity index (χ2n) is 4.62. The second kappa shape index (κ2) is 6.86. The predicted octanol–water partition coefficient (Wildman–Crippen LogP) is 2.38. The Balaban J connectivity index is 2.85. The van der Waals surface area contributed by atoms with Crippen molar-refractivity contribution < 1.29 is 14.3 Å². The van der Waals surface area contributed by atoms with E-state index in [1.165, 1.54) is 12.1 Å². The van der Waals surface area contributed by atoms with Gasteiger partial charge in [-0.25, -0.2) is 4.39 Å². The number of aliphatic carboxylic acids is 1.